The fraction of sp³-hybridized carbons (Fsp3) is 0.0714. The first kappa shape index (κ1) is 21.3. The molecule has 1 heteroatoms. The normalized spacial score (nSPS) is 11.4. The average molecular weight is 404 g/mol. The number of fused-ring (bicyclic) bond motifs is 6. The van der Waals surface area contributed by atoms with Crippen molar-refractivity contribution in [1.82, 2.24) is 0 Å². The third-order valence-electron chi connectivity index (χ3n) is 5.56. The summed E-state index contributed by atoms with van der Waals surface area (Å²) < 4.78 is 0. The minimum atomic E-state index is 0. The van der Waals surface area contributed by atoms with Crippen molar-refractivity contribution in [2.75, 3.05) is 0 Å². The van der Waals surface area contributed by atoms with Gasteiger partial charge < -0.3 is 7.43 Å². The Morgan fingerprint density at radius 3 is 1.97 bits per heavy atom. The Bertz CT molecular complexity index is 1100. The predicted molar refractivity (Wildman–Crippen MR) is 119 cm³/mol. The summed E-state index contributed by atoms with van der Waals surface area (Å²) in [5.74, 6) is 0. The van der Waals surface area contributed by atoms with Crippen LogP contribution in [0.2, 0.25) is 0 Å². The van der Waals surface area contributed by atoms with E-state index >= 15 is 0 Å². The van der Waals surface area contributed by atoms with Gasteiger partial charge in [-0.25, -0.2) is 0 Å². The van der Waals surface area contributed by atoms with E-state index in [1.165, 1.54) is 50.1 Å². The Morgan fingerprint density at radius 2 is 1.21 bits per heavy atom. The van der Waals surface area contributed by atoms with Gasteiger partial charge in [0, 0.05) is 0 Å². The molecule has 0 nitrogen and oxygen atoms in total. The van der Waals surface area contributed by atoms with Gasteiger partial charge in [0.25, 0.3) is 0 Å². The van der Waals surface area contributed by atoms with Gasteiger partial charge in [-0.3, -0.25) is 0 Å². The smallest absolute Gasteiger partial charge is 0.358 e. The molecule has 29 heavy (non-hydrogen) atoms. The molecule has 0 saturated carbocycles. The molecule has 0 saturated heterocycles. The molecule has 0 heterocycles. The van der Waals surface area contributed by atoms with Crippen LogP contribution in [0.5, 0.6) is 0 Å². The third-order valence-corrected chi connectivity index (χ3v) is 5.56. The van der Waals surface area contributed by atoms with Crippen molar-refractivity contribution in [3.63, 3.8) is 0 Å². The molecule has 0 radical (unpaired) electrons. The molecular weight excluding hydrogens is 381 g/mol. The second-order valence-corrected chi connectivity index (χ2v) is 7.17. The molecule has 2 aliphatic carbocycles. The van der Waals surface area contributed by atoms with Crippen molar-refractivity contribution in [3.05, 3.63) is 133 Å². The average Bonchev–Trinajstić information content (AvgIpc) is 3.28. The van der Waals surface area contributed by atoms with Gasteiger partial charge in [-0.15, -0.1) is 17.2 Å². The maximum absolute atomic E-state index is 4.08. The standard InChI is InChI=1S/C14H11.C13H9.CH3.Sc/c1-10-5-4-8-13-12-7-3-2-6-11(12)9-14(10)13;1-3-7-12-10(5-1)9-11-6-2-4-8-13(11)12;;/h2-8H,1,9H2;1-5,7-8H,9H2;1H3;/q3*-1;+3. The van der Waals surface area contributed by atoms with Crippen molar-refractivity contribution in [2.24, 2.45) is 0 Å². The van der Waals surface area contributed by atoms with Gasteiger partial charge in [-0.2, -0.15) is 48.4 Å². The van der Waals surface area contributed by atoms with E-state index in [4.69, 9.17) is 0 Å². The molecule has 0 fully saturated rings. The fourth-order valence-electron chi connectivity index (χ4n) is 4.22. The minimum absolute atomic E-state index is 0. The Balaban J connectivity index is 0.000000155. The van der Waals surface area contributed by atoms with Crippen molar-refractivity contribution >= 4 is 0 Å². The zero-order chi connectivity index (χ0) is 18.2. The summed E-state index contributed by atoms with van der Waals surface area (Å²) in [5.41, 5.74) is 12.3. The van der Waals surface area contributed by atoms with Crippen LogP contribution in [0.25, 0.3) is 22.3 Å². The van der Waals surface area contributed by atoms with Crippen LogP contribution in [0.4, 0.5) is 0 Å². The van der Waals surface area contributed by atoms with Crippen LogP contribution in [0, 0.1) is 20.4 Å². The molecule has 0 N–H and O–H groups in total. The van der Waals surface area contributed by atoms with Crippen LogP contribution < -0.4 is 0 Å². The molecule has 0 aromatic heterocycles. The summed E-state index contributed by atoms with van der Waals surface area (Å²) in [4.78, 5) is 0. The molecule has 2 aliphatic rings. The molecule has 0 spiro atoms. The van der Waals surface area contributed by atoms with Crippen molar-refractivity contribution in [3.8, 4) is 22.3 Å². The van der Waals surface area contributed by atoms with Crippen LogP contribution in [0.1, 0.15) is 27.8 Å². The van der Waals surface area contributed by atoms with E-state index in [9.17, 15) is 0 Å². The van der Waals surface area contributed by atoms with Gasteiger partial charge in [-0.1, -0.05) is 71.3 Å². The van der Waals surface area contributed by atoms with Crippen molar-refractivity contribution < 1.29 is 25.8 Å². The Hall–Kier alpha value is -2.38. The minimum Gasteiger partial charge on any atom is -0.358 e. The molecule has 4 aromatic carbocycles. The molecule has 0 unspecified atom stereocenters. The van der Waals surface area contributed by atoms with E-state index < -0.39 is 0 Å². The molecule has 138 valence electrons. The summed E-state index contributed by atoms with van der Waals surface area (Å²) >= 11 is 0. The first-order chi connectivity index (χ1) is 13.3. The van der Waals surface area contributed by atoms with Gasteiger partial charge in [-0.05, 0) is 24.0 Å². The first-order valence-electron chi connectivity index (χ1n) is 9.41. The topological polar surface area (TPSA) is 0 Å². The van der Waals surface area contributed by atoms with Crippen molar-refractivity contribution in [2.45, 2.75) is 12.8 Å². The second-order valence-electron chi connectivity index (χ2n) is 7.17. The Kier molecular flexibility index (Phi) is 6.59. The van der Waals surface area contributed by atoms with Gasteiger partial charge in [0.15, 0.2) is 0 Å². The van der Waals surface area contributed by atoms with Gasteiger partial charge in [0.1, 0.15) is 0 Å². The van der Waals surface area contributed by atoms with Crippen LogP contribution >= 0.6 is 0 Å². The van der Waals surface area contributed by atoms with Crippen molar-refractivity contribution in [1.29, 1.82) is 0 Å². The number of hydrogen-bond donors (Lipinski definition) is 0. The third kappa shape index (κ3) is 3.89. The van der Waals surface area contributed by atoms with E-state index in [-0.39, 0.29) is 33.3 Å². The predicted octanol–water partition coefficient (Wildman–Crippen LogP) is 6.95. The molecule has 0 amide bonds. The Labute approximate surface area is 193 Å². The summed E-state index contributed by atoms with van der Waals surface area (Å²) in [6.07, 6.45) is 2.09. The zero-order valence-electron chi connectivity index (χ0n) is 16.8. The number of rotatable bonds is 0. The summed E-state index contributed by atoms with van der Waals surface area (Å²) in [6.45, 7) is 4.08. The fourth-order valence-corrected chi connectivity index (χ4v) is 4.22. The summed E-state index contributed by atoms with van der Waals surface area (Å²) in [6, 6.07) is 33.1. The monoisotopic (exact) mass is 404 g/mol. The van der Waals surface area contributed by atoms with Gasteiger partial charge in [0.2, 0.25) is 0 Å². The largest absolute Gasteiger partial charge is 3.00 e. The maximum atomic E-state index is 4.08. The van der Waals surface area contributed by atoms with Crippen LogP contribution in [0.15, 0.2) is 84.9 Å². The number of benzene rings is 4. The van der Waals surface area contributed by atoms with Crippen LogP contribution in [-0.4, -0.2) is 0 Å². The quantitative estimate of drug-likeness (QED) is 0.240. The zero-order valence-corrected chi connectivity index (χ0v) is 18.6. The molecule has 0 aliphatic heterocycles. The molecule has 4 aromatic rings. The van der Waals surface area contributed by atoms with Crippen LogP contribution in [0.3, 0.4) is 0 Å². The van der Waals surface area contributed by atoms with Gasteiger partial charge >= 0.3 is 25.8 Å². The first-order valence-corrected chi connectivity index (χ1v) is 9.41. The summed E-state index contributed by atoms with van der Waals surface area (Å²) in [7, 11) is 0. The van der Waals surface area contributed by atoms with Gasteiger partial charge in [0.05, 0.1) is 0 Å². The SMILES string of the molecule is [CH2-]c1cccc2c1Cc1ccccc1-2.[CH3-].[Sc+3].[c-]1cccc2c1Cc1ccccc1-2. The molecule has 6 rings (SSSR count). The Morgan fingerprint density at radius 1 is 0.621 bits per heavy atom. The molecule has 0 bridgehead atoms. The van der Waals surface area contributed by atoms with E-state index in [0.717, 1.165) is 12.8 Å². The number of hydrogen-bond acceptors (Lipinski definition) is 0. The second kappa shape index (κ2) is 8.97. The molecule has 0 atom stereocenters. The van der Waals surface area contributed by atoms with E-state index in [1.54, 1.807) is 0 Å². The molecular formula is C28H23Sc. The van der Waals surface area contributed by atoms with Crippen LogP contribution in [-0.2, 0) is 38.7 Å². The van der Waals surface area contributed by atoms with E-state index in [2.05, 4.69) is 91.9 Å². The van der Waals surface area contributed by atoms with E-state index in [1.807, 2.05) is 6.07 Å². The maximum Gasteiger partial charge on any atom is 3.00 e. The summed E-state index contributed by atoms with van der Waals surface area (Å²) in [5, 5.41) is 0. The van der Waals surface area contributed by atoms with E-state index in [0.29, 0.717) is 0 Å².